The first-order valence-electron chi connectivity index (χ1n) is 6.97. The molecule has 0 radical (unpaired) electrons. The quantitative estimate of drug-likeness (QED) is 0.759. The minimum Gasteiger partial charge on any atom is -0.464 e. The first-order chi connectivity index (χ1) is 10.0. The zero-order chi connectivity index (χ0) is 15.4. The van der Waals surface area contributed by atoms with E-state index in [-0.39, 0.29) is 11.9 Å². The summed E-state index contributed by atoms with van der Waals surface area (Å²) in [6.45, 7) is 2.65. The second-order valence-electron chi connectivity index (χ2n) is 4.89. The highest BCUT2D eigenvalue weighted by atomic mass is 79.9. The Kier molecular flexibility index (Phi) is 5.65. The van der Waals surface area contributed by atoms with Crippen LogP contribution in [0.2, 0.25) is 5.02 Å². The number of esters is 1. The van der Waals surface area contributed by atoms with Crippen LogP contribution in [0.25, 0.3) is 0 Å². The van der Waals surface area contributed by atoms with E-state index < -0.39 is 6.04 Å². The molecule has 4 nitrogen and oxygen atoms in total. The van der Waals surface area contributed by atoms with Gasteiger partial charge in [0.1, 0.15) is 6.04 Å². The molecular formula is C15H17BrClNO3. The summed E-state index contributed by atoms with van der Waals surface area (Å²) < 4.78 is 5.71. The lowest BCUT2D eigenvalue weighted by Crippen LogP contribution is -2.48. The third-order valence-corrected chi connectivity index (χ3v) is 4.38. The van der Waals surface area contributed by atoms with Gasteiger partial charge in [-0.2, -0.15) is 0 Å². The molecule has 6 heteroatoms. The van der Waals surface area contributed by atoms with Crippen LogP contribution in [0.5, 0.6) is 0 Å². The van der Waals surface area contributed by atoms with Gasteiger partial charge in [0.15, 0.2) is 0 Å². The maximum absolute atomic E-state index is 12.7. The van der Waals surface area contributed by atoms with E-state index >= 15 is 0 Å². The molecule has 0 saturated carbocycles. The van der Waals surface area contributed by atoms with Gasteiger partial charge in [0.2, 0.25) is 0 Å². The standard InChI is InChI=1S/C15H17BrClNO3/c1-2-21-15(20)13-5-3-4-8-18(13)14(19)11-7-6-10(17)9-12(11)16/h6-7,9,13H,2-5,8H2,1H3. The van der Waals surface area contributed by atoms with Gasteiger partial charge in [-0.15, -0.1) is 0 Å². The molecule has 1 fully saturated rings. The highest BCUT2D eigenvalue weighted by molar-refractivity contribution is 9.10. The van der Waals surface area contributed by atoms with Crippen LogP contribution in [0, 0.1) is 0 Å². The van der Waals surface area contributed by atoms with Gasteiger partial charge in [0.25, 0.3) is 5.91 Å². The highest BCUT2D eigenvalue weighted by Crippen LogP contribution is 2.26. The third-order valence-electron chi connectivity index (χ3n) is 3.48. The van der Waals surface area contributed by atoms with E-state index in [0.29, 0.717) is 34.6 Å². The number of rotatable bonds is 3. The Bertz CT molecular complexity index is 550. The van der Waals surface area contributed by atoms with Crippen LogP contribution in [-0.4, -0.2) is 36.0 Å². The van der Waals surface area contributed by atoms with E-state index in [1.807, 2.05) is 0 Å². The first kappa shape index (κ1) is 16.3. The van der Waals surface area contributed by atoms with Crippen molar-refractivity contribution in [3.05, 3.63) is 33.3 Å². The molecule has 1 unspecified atom stereocenters. The van der Waals surface area contributed by atoms with Crippen molar-refractivity contribution >= 4 is 39.4 Å². The van der Waals surface area contributed by atoms with Gasteiger partial charge < -0.3 is 9.64 Å². The monoisotopic (exact) mass is 373 g/mol. The van der Waals surface area contributed by atoms with Crippen LogP contribution < -0.4 is 0 Å². The molecule has 1 heterocycles. The van der Waals surface area contributed by atoms with Gasteiger partial charge in [-0.1, -0.05) is 11.6 Å². The molecule has 0 N–H and O–H groups in total. The average molecular weight is 375 g/mol. The smallest absolute Gasteiger partial charge is 0.328 e. The van der Waals surface area contributed by atoms with E-state index in [1.54, 1.807) is 30.0 Å². The third kappa shape index (κ3) is 3.77. The number of amides is 1. The summed E-state index contributed by atoms with van der Waals surface area (Å²) in [5, 5.41) is 0.555. The Morgan fingerprint density at radius 3 is 2.86 bits per heavy atom. The number of ether oxygens (including phenoxy) is 1. The zero-order valence-corrected chi connectivity index (χ0v) is 14.1. The minimum absolute atomic E-state index is 0.170. The summed E-state index contributed by atoms with van der Waals surface area (Å²) in [6, 6.07) is 4.53. The van der Waals surface area contributed by atoms with Crippen LogP contribution in [0.3, 0.4) is 0 Å². The maximum atomic E-state index is 12.7. The molecule has 21 heavy (non-hydrogen) atoms. The molecule has 0 bridgehead atoms. The molecule has 1 saturated heterocycles. The molecule has 0 aromatic heterocycles. The van der Waals surface area contributed by atoms with Gasteiger partial charge in [0, 0.05) is 16.0 Å². The highest BCUT2D eigenvalue weighted by Gasteiger charge is 2.34. The molecule has 114 valence electrons. The van der Waals surface area contributed by atoms with Gasteiger partial charge in [-0.25, -0.2) is 4.79 Å². The number of hydrogen-bond donors (Lipinski definition) is 0. The predicted octanol–water partition coefficient (Wildman–Crippen LogP) is 3.66. The Morgan fingerprint density at radius 1 is 1.43 bits per heavy atom. The Labute approximate surface area is 137 Å². The summed E-state index contributed by atoms with van der Waals surface area (Å²) in [4.78, 5) is 26.3. The minimum atomic E-state index is -0.492. The SMILES string of the molecule is CCOC(=O)C1CCCCN1C(=O)c1ccc(Cl)cc1Br. The molecule has 1 atom stereocenters. The van der Waals surface area contributed by atoms with Crippen molar-refractivity contribution < 1.29 is 14.3 Å². The summed E-state index contributed by atoms with van der Waals surface area (Å²) in [7, 11) is 0. The fraction of sp³-hybridized carbons (Fsp3) is 0.467. The number of nitrogens with zero attached hydrogens (tertiary/aromatic N) is 1. The Balaban J connectivity index is 2.24. The van der Waals surface area contributed by atoms with E-state index in [2.05, 4.69) is 15.9 Å². The fourth-order valence-electron chi connectivity index (χ4n) is 2.48. The Hall–Kier alpha value is -1.07. The van der Waals surface area contributed by atoms with E-state index in [1.165, 1.54) is 0 Å². The van der Waals surface area contributed by atoms with Crippen molar-refractivity contribution in [3.8, 4) is 0 Å². The molecule has 0 aliphatic carbocycles. The fourth-order valence-corrected chi connectivity index (χ4v) is 3.33. The second-order valence-corrected chi connectivity index (χ2v) is 6.18. The van der Waals surface area contributed by atoms with E-state index in [9.17, 15) is 9.59 Å². The van der Waals surface area contributed by atoms with Crippen molar-refractivity contribution in [2.45, 2.75) is 32.2 Å². The van der Waals surface area contributed by atoms with Gasteiger partial charge in [0.05, 0.1) is 12.2 Å². The van der Waals surface area contributed by atoms with Crippen molar-refractivity contribution in [3.63, 3.8) is 0 Å². The van der Waals surface area contributed by atoms with Crippen LogP contribution in [0.4, 0.5) is 0 Å². The van der Waals surface area contributed by atoms with Crippen LogP contribution >= 0.6 is 27.5 Å². The number of benzene rings is 1. The van der Waals surface area contributed by atoms with Gasteiger partial charge >= 0.3 is 5.97 Å². The molecule has 1 aliphatic heterocycles. The first-order valence-corrected chi connectivity index (χ1v) is 8.14. The molecule has 1 amide bonds. The lowest BCUT2D eigenvalue weighted by atomic mass is 10.0. The lowest BCUT2D eigenvalue weighted by Gasteiger charge is -2.34. The second kappa shape index (κ2) is 7.27. The number of likely N-dealkylation sites (tertiary alicyclic amines) is 1. The normalized spacial score (nSPS) is 18.4. The van der Waals surface area contributed by atoms with Gasteiger partial charge in [-0.05, 0) is 60.3 Å². The number of hydrogen-bond acceptors (Lipinski definition) is 3. The summed E-state index contributed by atoms with van der Waals surface area (Å²) in [5.74, 6) is -0.494. The van der Waals surface area contributed by atoms with Crippen LogP contribution in [0.15, 0.2) is 22.7 Å². The van der Waals surface area contributed by atoms with Gasteiger partial charge in [-0.3, -0.25) is 4.79 Å². The molecule has 1 aliphatic rings. The largest absolute Gasteiger partial charge is 0.464 e. The number of halogens is 2. The average Bonchev–Trinajstić information content (AvgIpc) is 2.47. The van der Waals surface area contributed by atoms with Crippen molar-refractivity contribution in [2.75, 3.05) is 13.2 Å². The topological polar surface area (TPSA) is 46.6 Å². The van der Waals surface area contributed by atoms with Crippen molar-refractivity contribution in [2.24, 2.45) is 0 Å². The number of carbonyl (C=O) groups excluding carboxylic acids is 2. The summed E-state index contributed by atoms with van der Waals surface area (Å²) >= 11 is 9.25. The van der Waals surface area contributed by atoms with Crippen molar-refractivity contribution in [1.29, 1.82) is 0 Å². The van der Waals surface area contributed by atoms with Crippen molar-refractivity contribution in [1.82, 2.24) is 4.90 Å². The molecule has 1 aromatic carbocycles. The summed E-state index contributed by atoms with van der Waals surface area (Å²) in [6.07, 6.45) is 2.47. The number of piperidine rings is 1. The van der Waals surface area contributed by atoms with Crippen LogP contribution in [0.1, 0.15) is 36.5 Å². The molecule has 2 rings (SSSR count). The zero-order valence-electron chi connectivity index (χ0n) is 11.8. The number of carbonyl (C=O) groups is 2. The van der Waals surface area contributed by atoms with E-state index in [4.69, 9.17) is 16.3 Å². The lowest BCUT2D eigenvalue weighted by molar-refractivity contribution is -0.149. The Morgan fingerprint density at radius 2 is 2.19 bits per heavy atom. The van der Waals surface area contributed by atoms with E-state index in [0.717, 1.165) is 12.8 Å². The summed E-state index contributed by atoms with van der Waals surface area (Å²) in [5.41, 5.74) is 0.510. The molecular weight excluding hydrogens is 358 g/mol. The maximum Gasteiger partial charge on any atom is 0.328 e. The van der Waals surface area contributed by atoms with Crippen LogP contribution in [-0.2, 0) is 9.53 Å². The molecule has 1 aromatic rings. The predicted molar refractivity (Wildman–Crippen MR) is 84.5 cm³/mol. The molecule has 0 spiro atoms.